The number of benzene rings is 1. The molecule has 0 unspecified atom stereocenters. The maximum atomic E-state index is 12.7. The van der Waals surface area contributed by atoms with Crippen molar-refractivity contribution < 1.29 is 9.53 Å². The van der Waals surface area contributed by atoms with E-state index in [0.717, 1.165) is 42.4 Å². The van der Waals surface area contributed by atoms with Crippen LogP contribution in [0.1, 0.15) is 39.8 Å². The summed E-state index contributed by atoms with van der Waals surface area (Å²) in [6, 6.07) is 7.37. The van der Waals surface area contributed by atoms with Crippen molar-refractivity contribution in [2.75, 3.05) is 20.2 Å². The van der Waals surface area contributed by atoms with Crippen molar-refractivity contribution in [2.24, 2.45) is 0 Å². The van der Waals surface area contributed by atoms with Gasteiger partial charge in [-0.05, 0) is 38.0 Å². The van der Waals surface area contributed by atoms with Gasteiger partial charge in [0.1, 0.15) is 5.75 Å². The van der Waals surface area contributed by atoms with Gasteiger partial charge >= 0.3 is 0 Å². The highest BCUT2D eigenvalue weighted by molar-refractivity contribution is 7.09. The van der Waals surface area contributed by atoms with Gasteiger partial charge in [0, 0.05) is 35.6 Å². The minimum Gasteiger partial charge on any atom is -0.497 e. The summed E-state index contributed by atoms with van der Waals surface area (Å²) in [5.41, 5.74) is 1.76. The third kappa shape index (κ3) is 3.14. The maximum absolute atomic E-state index is 12.7. The summed E-state index contributed by atoms with van der Waals surface area (Å²) >= 11 is 1.70. The highest BCUT2D eigenvalue weighted by Gasteiger charge is 2.27. The van der Waals surface area contributed by atoms with E-state index in [9.17, 15) is 4.79 Å². The Morgan fingerprint density at radius 2 is 2.32 bits per heavy atom. The molecule has 0 N–H and O–H groups in total. The zero-order valence-electron chi connectivity index (χ0n) is 12.9. The first kappa shape index (κ1) is 15.0. The molecule has 2 aromatic rings. The molecular weight excluding hydrogens is 296 g/mol. The first-order valence-corrected chi connectivity index (χ1v) is 8.40. The molecule has 0 aliphatic carbocycles. The molecule has 1 amide bonds. The quantitative estimate of drug-likeness (QED) is 0.870. The number of aromatic nitrogens is 1. The molecule has 0 bridgehead atoms. The lowest BCUT2D eigenvalue weighted by Crippen LogP contribution is -2.39. The normalized spacial score (nSPS) is 18.3. The van der Waals surface area contributed by atoms with Crippen LogP contribution in [0.4, 0.5) is 0 Å². The van der Waals surface area contributed by atoms with E-state index in [0.29, 0.717) is 11.5 Å². The minimum atomic E-state index is 0.0804. The second-order valence-electron chi connectivity index (χ2n) is 5.65. The number of likely N-dealkylation sites (tertiary alicyclic amines) is 1. The number of methoxy groups -OCH3 is 1. The Morgan fingerprint density at radius 3 is 3.05 bits per heavy atom. The molecule has 1 fully saturated rings. The Labute approximate surface area is 134 Å². The van der Waals surface area contributed by atoms with Gasteiger partial charge in [0.05, 0.1) is 12.1 Å². The molecule has 3 rings (SSSR count). The monoisotopic (exact) mass is 316 g/mol. The first-order valence-electron chi connectivity index (χ1n) is 7.52. The van der Waals surface area contributed by atoms with Crippen LogP contribution < -0.4 is 4.74 Å². The van der Waals surface area contributed by atoms with Crippen molar-refractivity contribution in [3.8, 4) is 5.75 Å². The number of ether oxygens (including phenoxy) is 1. The maximum Gasteiger partial charge on any atom is 0.254 e. The molecule has 5 heteroatoms. The van der Waals surface area contributed by atoms with Crippen LogP contribution in [0.25, 0.3) is 0 Å². The summed E-state index contributed by atoms with van der Waals surface area (Å²) in [5, 5.41) is 3.23. The lowest BCUT2D eigenvalue weighted by Gasteiger charge is -2.32. The van der Waals surface area contributed by atoms with Crippen molar-refractivity contribution in [3.05, 3.63) is 45.9 Å². The van der Waals surface area contributed by atoms with E-state index in [-0.39, 0.29) is 5.91 Å². The Morgan fingerprint density at radius 1 is 1.45 bits per heavy atom. The standard InChI is InChI=1S/C17H20N2O2S/c1-12-11-22-16(18-12)14-6-4-8-19(10-14)17(20)13-5-3-7-15(9-13)21-2/h3,5,7,9,11,14H,4,6,8,10H2,1-2H3/t14-/m1/s1. The number of carbonyl (C=O) groups excluding carboxylic acids is 1. The van der Waals surface area contributed by atoms with Crippen LogP contribution in [0.5, 0.6) is 5.75 Å². The van der Waals surface area contributed by atoms with Gasteiger partial charge < -0.3 is 9.64 Å². The zero-order valence-corrected chi connectivity index (χ0v) is 13.7. The SMILES string of the molecule is COc1cccc(C(=O)N2CCC[C@@H](c3nc(C)cs3)C2)c1. The van der Waals surface area contributed by atoms with Crippen LogP contribution in [-0.4, -0.2) is 36.0 Å². The average Bonchev–Trinajstić information content (AvgIpc) is 3.01. The molecule has 1 aromatic heterocycles. The van der Waals surface area contributed by atoms with E-state index in [4.69, 9.17) is 4.74 Å². The molecule has 1 atom stereocenters. The Balaban J connectivity index is 1.75. The second kappa shape index (κ2) is 6.48. The molecule has 116 valence electrons. The van der Waals surface area contributed by atoms with E-state index in [1.807, 2.05) is 30.0 Å². The minimum absolute atomic E-state index is 0.0804. The molecule has 1 aliphatic heterocycles. The smallest absolute Gasteiger partial charge is 0.254 e. The summed E-state index contributed by atoms with van der Waals surface area (Å²) < 4.78 is 5.21. The number of aryl methyl sites for hydroxylation is 1. The van der Waals surface area contributed by atoms with Gasteiger partial charge in [0.2, 0.25) is 0 Å². The molecule has 4 nitrogen and oxygen atoms in total. The van der Waals surface area contributed by atoms with Gasteiger partial charge in [0.25, 0.3) is 5.91 Å². The summed E-state index contributed by atoms with van der Waals surface area (Å²) in [6.45, 7) is 3.59. The van der Waals surface area contributed by atoms with Crippen LogP contribution in [-0.2, 0) is 0 Å². The van der Waals surface area contributed by atoms with Crippen LogP contribution in [0.2, 0.25) is 0 Å². The van der Waals surface area contributed by atoms with Crippen molar-refractivity contribution in [1.82, 2.24) is 9.88 Å². The Hall–Kier alpha value is -1.88. The Kier molecular flexibility index (Phi) is 4.43. The predicted molar refractivity (Wildman–Crippen MR) is 87.7 cm³/mol. The summed E-state index contributed by atoms with van der Waals surface area (Å²) in [6.07, 6.45) is 2.13. The highest BCUT2D eigenvalue weighted by atomic mass is 32.1. The summed E-state index contributed by atoms with van der Waals surface area (Å²) in [5.74, 6) is 1.16. The van der Waals surface area contributed by atoms with Crippen molar-refractivity contribution in [2.45, 2.75) is 25.7 Å². The van der Waals surface area contributed by atoms with Crippen LogP contribution >= 0.6 is 11.3 Å². The molecule has 1 aliphatic rings. The summed E-state index contributed by atoms with van der Waals surface area (Å²) in [4.78, 5) is 19.2. The second-order valence-corrected chi connectivity index (χ2v) is 6.54. The van der Waals surface area contributed by atoms with E-state index in [2.05, 4.69) is 10.4 Å². The fourth-order valence-electron chi connectivity index (χ4n) is 2.86. The molecule has 1 aromatic carbocycles. The number of thiazole rings is 1. The van der Waals surface area contributed by atoms with Gasteiger partial charge in [-0.3, -0.25) is 4.79 Å². The van der Waals surface area contributed by atoms with Crippen LogP contribution in [0.15, 0.2) is 29.6 Å². The van der Waals surface area contributed by atoms with E-state index in [1.54, 1.807) is 24.5 Å². The van der Waals surface area contributed by atoms with Crippen LogP contribution in [0, 0.1) is 6.92 Å². The molecule has 0 radical (unpaired) electrons. The van der Waals surface area contributed by atoms with Crippen molar-refractivity contribution >= 4 is 17.2 Å². The molecule has 0 spiro atoms. The molecule has 1 saturated heterocycles. The molecule has 22 heavy (non-hydrogen) atoms. The lowest BCUT2D eigenvalue weighted by atomic mass is 9.98. The number of amides is 1. The van der Waals surface area contributed by atoms with E-state index < -0.39 is 0 Å². The van der Waals surface area contributed by atoms with E-state index >= 15 is 0 Å². The van der Waals surface area contributed by atoms with Gasteiger partial charge in [-0.2, -0.15) is 0 Å². The third-order valence-electron chi connectivity index (χ3n) is 4.01. The summed E-state index contributed by atoms with van der Waals surface area (Å²) in [7, 11) is 1.62. The Bertz CT molecular complexity index is 668. The van der Waals surface area contributed by atoms with Crippen molar-refractivity contribution in [3.63, 3.8) is 0 Å². The number of hydrogen-bond donors (Lipinski definition) is 0. The molecule has 0 saturated carbocycles. The number of hydrogen-bond acceptors (Lipinski definition) is 4. The number of carbonyl (C=O) groups is 1. The van der Waals surface area contributed by atoms with Gasteiger partial charge in [-0.25, -0.2) is 4.98 Å². The first-order chi connectivity index (χ1) is 10.7. The fourth-order valence-corrected chi connectivity index (χ4v) is 3.79. The number of piperidine rings is 1. The topological polar surface area (TPSA) is 42.4 Å². The third-order valence-corrected chi connectivity index (χ3v) is 5.14. The lowest BCUT2D eigenvalue weighted by molar-refractivity contribution is 0.0706. The van der Waals surface area contributed by atoms with Gasteiger partial charge in [-0.1, -0.05) is 6.07 Å². The molecular formula is C17H20N2O2S. The van der Waals surface area contributed by atoms with E-state index in [1.165, 1.54) is 0 Å². The van der Waals surface area contributed by atoms with Crippen LogP contribution in [0.3, 0.4) is 0 Å². The number of nitrogens with zero attached hydrogens (tertiary/aromatic N) is 2. The fraction of sp³-hybridized carbons (Fsp3) is 0.412. The van der Waals surface area contributed by atoms with Crippen molar-refractivity contribution in [1.29, 1.82) is 0 Å². The van der Waals surface area contributed by atoms with Gasteiger partial charge in [-0.15, -0.1) is 11.3 Å². The molecule has 2 heterocycles. The van der Waals surface area contributed by atoms with Gasteiger partial charge in [0.15, 0.2) is 0 Å². The zero-order chi connectivity index (χ0) is 15.5. The number of rotatable bonds is 3. The largest absolute Gasteiger partial charge is 0.497 e. The highest BCUT2D eigenvalue weighted by Crippen LogP contribution is 2.30. The predicted octanol–water partition coefficient (Wildman–Crippen LogP) is 3.48. The average molecular weight is 316 g/mol.